The van der Waals surface area contributed by atoms with Gasteiger partial charge in [0.1, 0.15) is 65.9 Å². The van der Waals surface area contributed by atoms with Gasteiger partial charge < -0.3 is 70.8 Å². The number of alkyl carbamates (subject to hydrolysis) is 1. The zero-order valence-corrected chi connectivity index (χ0v) is 80.6. The number of nitrogens with one attached hydrogen (secondary N) is 3. The fraction of sp³-hybridized carbons (Fsp3) is 0.292. The normalized spacial score (nSPS) is 11.4. The molecule has 0 aliphatic carbocycles. The maximum absolute atomic E-state index is 13.2. The van der Waals surface area contributed by atoms with E-state index in [1.54, 1.807) is 149 Å². The zero-order valence-electron chi connectivity index (χ0n) is 71.4. The Morgan fingerprint density at radius 1 is 0.468 bits per heavy atom. The van der Waals surface area contributed by atoms with Crippen LogP contribution in [0.3, 0.4) is 0 Å². The number of halogens is 12. The number of hydrogen-bond donors (Lipinski definition) is 7. The molecule has 3 amide bonds. The molecule has 23 nitrogen and oxygen atoms in total. The number of nitrogens with two attached hydrogens (primary N) is 2. The van der Waals surface area contributed by atoms with Crippen molar-refractivity contribution in [3.63, 3.8) is 0 Å². The number of aliphatic carboxylic acids is 1. The molecule has 9 aromatic rings. The first-order valence-corrected chi connectivity index (χ1v) is 41.1. The summed E-state index contributed by atoms with van der Waals surface area (Å²) in [6, 6.07) is 50.8. The fourth-order valence-electron chi connectivity index (χ4n) is 10.5. The number of aromatic carboxylic acids is 1. The van der Waals surface area contributed by atoms with Gasteiger partial charge >= 0.3 is 30.4 Å². The quantitative estimate of drug-likeness (QED) is 0.00647. The standard InChI is InChI=1S/C30H28BrClF3NO5.C25H24BrClN2O4.C24H28ClNO7.C6H6BrN.C4H5F3O2.BH2.U/c1-18(30(33,34)35)26(37)11-4-19-3-10-25(32)23(15-19)27(38)17-20-5-12-28(41-14-13-40-2)24(16-20)29(39)36-22-8-6-21(31)7-9-22;1-32-10-11-33-24-9-3-16(14-23(30)20-13-17(15-28)2-8-22(20)27)12-21(24)25(31)29-19-6-4-18(26)5-7-19;1-24(2,3)33-23(30)26-14-16-5-7-19(25)17(12-16)20(27)13-15-6-8-21(32-10-9-31-4)18(11-15)22(28)29;7-5-1-3-6(8)4-2-5;1-2(3(8)9)4(5,6)7;;/h3,5-10,12,15-16,18H,4,11,13-14,17H2,1-2H3,(H,36,39);2-9,12-13H,10-11,14-15,28H2,1H3,(H,29,31);5-8,11-12H,9-10,13-14H2,1-4H3,(H,26,30)(H,28,29);1-4H,8H2;2H,1H3,(H,8,9);1H2;/i;;;;;1T2;. The average molecular weight is 2230 g/mol. The number of Topliss-reactive ketones (excluding diaryl/α,β-unsaturated/α-hetero) is 4. The van der Waals surface area contributed by atoms with Crippen LogP contribution in [0.4, 0.5) is 48.2 Å². The van der Waals surface area contributed by atoms with Gasteiger partial charge in [-0.3, -0.25) is 33.6 Å². The van der Waals surface area contributed by atoms with Gasteiger partial charge in [-0.1, -0.05) is 119 Å². The number of methoxy groups -OCH3 is 3. The molecule has 2 unspecified atom stereocenters. The molecule has 0 heterocycles. The first-order valence-electron chi connectivity index (χ1n) is 38.7. The largest absolute Gasteiger partial charge is 0.490 e. The molecule has 9 rings (SSSR count). The zero-order chi connectivity index (χ0) is 94.9. The third kappa shape index (κ3) is 39.2. The molecule has 0 saturated heterocycles. The van der Waals surface area contributed by atoms with Crippen LogP contribution >= 0.6 is 82.6 Å². The number of ketones is 4. The van der Waals surface area contributed by atoms with Crippen LogP contribution in [0.1, 0.15) is 137 Å². The molecular weight excluding hydrogens is 2140 g/mol. The number of nitrogen functional groups attached to an aromatic ring is 1. The topological polar surface area (TPSA) is 347 Å². The number of carbonyl (C=O) groups excluding carboxylic acids is 7. The predicted molar refractivity (Wildman–Crippen MR) is 481 cm³/mol. The van der Waals surface area contributed by atoms with Gasteiger partial charge in [0.15, 0.2) is 17.3 Å². The Morgan fingerprint density at radius 2 is 0.794 bits per heavy atom. The number of ether oxygens (including phenoxy) is 7. The molecular formula is C89H93BBr3Cl3F6N5O18U. The minimum absolute atomic E-state index is 0. The summed E-state index contributed by atoms with van der Waals surface area (Å²) in [5, 5.41) is 26.4. The van der Waals surface area contributed by atoms with E-state index in [9.17, 15) is 74.6 Å². The van der Waals surface area contributed by atoms with Crippen molar-refractivity contribution < 1.29 is 144 Å². The van der Waals surface area contributed by atoms with Crippen molar-refractivity contribution in [1.29, 1.82) is 2.67 Å². The monoisotopic (exact) mass is 2230 g/mol. The molecule has 0 saturated carbocycles. The van der Waals surface area contributed by atoms with Crippen LogP contribution in [0.5, 0.6) is 17.2 Å². The average Bonchev–Trinajstić information content (AvgIpc) is 0.823. The molecule has 2 atom stereocenters. The number of alkyl halides is 6. The van der Waals surface area contributed by atoms with Gasteiger partial charge in [0, 0.05) is 138 Å². The van der Waals surface area contributed by atoms with E-state index >= 15 is 0 Å². The summed E-state index contributed by atoms with van der Waals surface area (Å²) in [5.41, 5.74) is 17.5. The van der Waals surface area contributed by atoms with Gasteiger partial charge in [-0.15, -0.1) is 0 Å². The second-order valence-electron chi connectivity index (χ2n) is 27.9. The van der Waals surface area contributed by atoms with Crippen LogP contribution in [0.25, 0.3) is 0 Å². The van der Waals surface area contributed by atoms with E-state index < -0.39 is 59.5 Å². The van der Waals surface area contributed by atoms with E-state index in [0.717, 1.165) is 31.6 Å². The molecule has 37 heteroatoms. The van der Waals surface area contributed by atoms with E-state index in [1.165, 1.54) is 38.5 Å². The van der Waals surface area contributed by atoms with Gasteiger partial charge in [0.05, 0.1) is 54.4 Å². The van der Waals surface area contributed by atoms with Crippen molar-refractivity contribution in [2.24, 2.45) is 17.6 Å². The van der Waals surface area contributed by atoms with E-state index in [-0.39, 0.29) is 151 Å². The Morgan fingerprint density at radius 3 is 1.13 bits per heavy atom. The molecule has 1 radical (unpaired) electrons. The van der Waals surface area contributed by atoms with Crippen molar-refractivity contribution in [3.05, 3.63) is 277 Å². The smallest absolute Gasteiger partial charge is 0.407 e. The molecule has 0 aromatic heterocycles. The van der Waals surface area contributed by atoms with Crippen molar-refractivity contribution in [2.75, 3.05) is 77.3 Å². The summed E-state index contributed by atoms with van der Waals surface area (Å²) in [7, 11) is 5.12. The summed E-state index contributed by atoms with van der Waals surface area (Å²) in [5.74, 6) is -8.95. The molecule has 9 aromatic carbocycles. The number of rotatable bonds is 34. The third-order valence-corrected chi connectivity index (χ3v) is 19.8. The second kappa shape index (κ2) is 54.9. The number of anilines is 3. The van der Waals surface area contributed by atoms with Gasteiger partial charge in [0.25, 0.3) is 11.8 Å². The van der Waals surface area contributed by atoms with Crippen molar-refractivity contribution >= 4 is 161 Å². The number of carbonyl (C=O) groups is 9. The van der Waals surface area contributed by atoms with Crippen LogP contribution in [0, 0.1) is 42.9 Å². The second-order valence-corrected chi connectivity index (χ2v) is 31.9. The first kappa shape index (κ1) is 107. The minimum Gasteiger partial charge on any atom is -0.490 e. The number of carboxylic acids is 2. The van der Waals surface area contributed by atoms with Gasteiger partial charge in [-0.05, 0) is 223 Å². The number of carboxylic acid groups (broad SMARTS) is 2. The van der Waals surface area contributed by atoms with Crippen LogP contribution in [-0.2, 0) is 67.3 Å². The summed E-state index contributed by atoms with van der Waals surface area (Å²) in [6.45, 7) is 8.89. The van der Waals surface area contributed by atoms with E-state index in [2.05, 4.69) is 63.7 Å². The Labute approximate surface area is 793 Å². The molecule has 673 valence electrons. The molecule has 0 aliphatic rings. The molecule has 0 spiro atoms. The van der Waals surface area contributed by atoms with Gasteiger partial charge in [-0.25, -0.2) is 9.59 Å². The van der Waals surface area contributed by atoms with Crippen molar-refractivity contribution in [3.8, 4) is 17.2 Å². The van der Waals surface area contributed by atoms with Crippen molar-refractivity contribution in [2.45, 2.75) is 97.8 Å². The Hall–Kier alpha value is -9.14. The van der Waals surface area contributed by atoms with E-state index in [4.69, 9.17) is 87.2 Å². The van der Waals surface area contributed by atoms with E-state index in [0.29, 0.717) is 108 Å². The SMILES string of the molecule is CC(C(=O)O)C(F)(F)F.COCCOc1ccc(CC(=O)c2cc(CCC(=O)C(C)C(F)(F)F)ccc2Cl)cc1C(=O)Nc1ccc(Br)cc1.COCCOc1ccc(CC(=O)c2cc(CN)ccc2Cl)cc1C(=O)Nc1ccc(Br)cc1.COCCOc1ccc(CC(=O)c2cc(CNC(=O)OC(C)(C)C)ccc2Cl)cc1C(=O)O.Nc1ccc(Br)cc1.[3H][B][3H].[U]. The maximum Gasteiger partial charge on any atom is 0.407 e. The van der Waals surface area contributed by atoms with Crippen LogP contribution < -0.4 is 41.6 Å². The third-order valence-electron chi connectivity index (χ3n) is 17.2. The summed E-state index contributed by atoms with van der Waals surface area (Å²) >= 11 is 28.7. The van der Waals surface area contributed by atoms with Crippen LogP contribution in [-0.4, -0.2) is 153 Å². The number of amides is 3. The fourth-order valence-corrected chi connectivity index (χ4v) is 11.9. The molecule has 0 fully saturated rings. The molecule has 126 heavy (non-hydrogen) atoms. The maximum atomic E-state index is 13.2. The van der Waals surface area contributed by atoms with Crippen molar-refractivity contribution in [1.82, 2.24) is 5.32 Å². The first-order chi connectivity index (χ1) is 59.8. The van der Waals surface area contributed by atoms with Gasteiger partial charge in [0.2, 0.25) is 0 Å². The molecule has 0 aliphatic heterocycles. The predicted octanol–water partition coefficient (Wildman–Crippen LogP) is 19.7. The molecule has 9 N–H and O–H groups in total. The van der Waals surface area contributed by atoms with Crippen LogP contribution in [0.2, 0.25) is 15.1 Å². The number of hydrogen-bond acceptors (Lipinski definition) is 18. The Bertz CT molecular complexity index is 5160. The summed E-state index contributed by atoms with van der Waals surface area (Å²) in [4.78, 5) is 110. The molecule has 0 bridgehead atoms. The summed E-state index contributed by atoms with van der Waals surface area (Å²) < 4.78 is 124. The van der Waals surface area contributed by atoms with Gasteiger partial charge in [-0.2, -0.15) is 26.3 Å². The van der Waals surface area contributed by atoms with Crippen LogP contribution in [0.15, 0.2) is 195 Å². The Balaban J connectivity index is 0.000000445. The Kier molecular flexibility index (Phi) is 46.8. The van der Waals surface area contributed by atoms with E-state index in [1.807, 2.05) is 36.4 Å². The number of aryl methyl sites for hydroxylation is 1. The minimum atomic E-state index is -4.62. The summed E-state index contributed by atoms with van der Waals surface area (Å²) in [6.07, 6.45) is -10.2. The number of benzene rings is 9.